The fraction of sp³-hybridized carbons (Fsp3) is 0.100. The van der Waals surface area contributed by atoms with Gasteiger partial charge in [-0.05, 0) is 19.1 Å². The van der Waals surface area contributed by atoms with E-state index in [-0.39, 0.29) is 5.82 Å². The van der Waals surface area contributed by atoms with Gasteiger partial charge in [-0.2, -0.15) is 19.6 Å². The van der Waals surface area contributed by atoms with Crippen LogP contribution < -0.4 is 5.73 Å². The van der Waals surface area contributed by atoms with E-state index in [1.165, 1.54) is 10.9 Å². The average molecular weight is 240 g/mol. The van der Waals surface area contributed by atoms with Crippen LogP contribution in [-0.4, -0.2) is 29.6 Å². The Bertz CT molecular complexity index is 775. The van der Waals surface area contributed by atoms with E-state index in [0.29, 0.717) is 22.9 Å². The van der Waals surface area contributed by atoms with Gasteiger partial charge in [-0.15, -0.1) is 15.3 Å². The first-order valence-corrected chi connectivity index (χ1v) is 5.14. The largest absolute Gasteiger partial charge is 0.382 e. The summed E-state index contributed by atoms with van der Waals surface area (Å²) < 4.78 is 2.99. The summed E-state index contributed by atoms with van der Waals surface area (Å²) in [7, 11) is 0. The number of hydrogen-bond donors (Lipinski definition) is 1. The van der Waals surface area contributed by atoms with Crippen LogP contribution in [0, 0.1) is 18.3 Å². The summed E-state index contributed by atoms with van der Waals surface area (Å²) in [6.45, 7) is 1.80. The van der Waals surface area contributed by atoms with Gasteiger partial charge < -0.3 is 5.73 Å². The summed E-state index contributed by atoms with van der Waals surface area (Å²) in [5.74, 6) is 1.43. The molecule has 3 aromatic heterocycles. The highest BCUT2D eigenvalue weighted by molar-refractivity contribution is 5.51. The lowest BCUT2D eigenvalue weighted by atomic mass is 10.4. The Morgan fingerprint density at radius 1 is 1.33 bits per heavy atom. The van der Waals surface area contributed by atoms with Gasteiger partial charge in [0.1, 0.15) is 17.5 Å². The van der Waals surface area contributed by atoms with E-state index in [1.807, 2.05) is 6.07 Å². The minimum Gasteiger partial charge on any atom is -0.382 e. The van der Waals surface area contributed by atoms with Gasteiger partial charge in [0.05, 0.1) is 6.20 Å². The predicted octanol–water partition coefficient (Wildman–Crippen LogP) is 0.0723. The van der Waals surface area contributed by atoms with Crippen LogP contribution in [0.5, 0.6) is 0 Å². The molecule has 0 unspecified atom stereocenters. The van der Waals surface area contributed by atoms with E-state index in [4.69, 9.17) is 11.0 Å². The van der Waals surface area contributed by atoms with E-state index in [2.05, 4.69) is 20.4 Å². The van der Waals surface area contributed by atoms with Crippen molar-refractivity contribution < 1.29 is 0 Å². The van der Waals surface area contributed by atoms with Crippen molar-refractivity contribution in [2.24, 2.45) is 0 Å². The van der Waals surface area contributed by atoms with Gasteiger partial charge in [-0.1, -0.05) is 0 Å². The summed E-state index contributed by atoms with van der Waals surface area (Å²) in [5, 5.41) is 25.0. The molecule has 0 aromatic carbocycles. The number of aryl methyl sites for hydroxylation is 1. The molecular weight excluding hydrogens is 232 g/mol. The van der Waals surface area contributed by atoms with Crippen LogP contribution in [0.4, 0.5) is 5.82 Å². The smallest absolute Gasteiger partial charge is 0.178 e. The molecule has 8 nitrogen and oxygen atoms in total. The lowest BCUT2D eigenvalue weighted by Gasteiger charge is -2.03. The third-order valence-corrected chi connectivity index (χ3v) is 2.55. The normalized spacial score (nSPS) is 10.7. The molecule has 0 aliphatic carbocycles. The van der Waals surface area contributed by atoms with Crippen molar-refractivity contribution in [2.75, 3.05) is 5.73 Å². The molecule has 3 aromatic rings. The average Bonchev–Trinajstić information content (AvgIpc) is 2.93. The minimum atomic E-state index is 0.259. The van der Waals surface area contributed by atoms with Crippen molar-refractivity contribution >= 4 is 11.5 Å². The first kappa shape index (κ1) is 10.2. The highest BCUT2D eigenvalue weighted by atomic mass is 15.4. The molecule has 88 valence electrons. The number of nitrogens with zero attached hydrogens (tertiary/aromatic N) is 7. The summed E-state index contributed by atoms with van der Waals surface area (Å²) >= 11 is 0. The van der Waals surface area contributed by atoms with Gasteiger partial charge in [0.2, 0.25) is 0 Å². The molecule has 3 heterocycles. The summed E-state index contributed by atoms with van der Waals surface area (Å²) in [5.41, 5.74) is 6.76. The molecule has 0 amide bonds. The molecule has 0 aliphatic rings. The zero-order chi connectivity index (χ0) is 12.7. The van der Waals surface area contributed by atoms with Crippen molar-refractivity contribution in [1.29, 1.82) is 5.26 Å². The lowest BCUT2D eigenvalue weighted by Crippen LogP contribution is -2.07. The number of nitrogen functional groups attached to an aromatic ring is 1. The van der Waals surface area contributed by atoms with Crippen LogP contribution >= 0.6 is 0 Å². The van der Waals surface area contributed by atoms with Gasteiger partial charge in [0.25, 0.3) is 0 Å². The van der Waals surface area contributed by atoms with E-state index in [0.717, 1.165) is 0 Å². The Morgan fingerprint density at radius 3 is 2.89 bits per heavy atom. The van der Waals surface area contributed by atoms with Crippen LogP contribution in [0.25, 0.3) is 11.5 Å². The molecule has 2 N–H and O–H groups in total. The molecule has 3 rings (SSSR count). The first-order valence-electron chi connectivity index (χ1n) is 5.14. The molecule has 18 heavy (non-hydrogen) atoms. The van der Waals surface area contributed by atoms with Gasteiger partial charge in [0, 0.05) is 0 Å². The van der Waals surface area contributed by atoms with Gasteiger partial charge in [-0.3, -0.25) is 0 Å². The Balaban J connectivity index is 2.22. The van der Waals surface area contributed by atoms with Crippen LogP contribution in [0.15, 0.2) is 18.3 Å². The minimum absolute atomic E-state index is 0.259. The predicted molar refractivity (Wildman–Crippen MR) is 61.8 cm³/mol. The van der Waals surface area contributed by atoms with Crippen LogP contribution in [0.3, 0.4) is 0 Å². The van der Waals surface area contributed by atoms with E-state index < -0.39 is 0 Å². The number of fused-ring (bicyclic) bond motifs is 1. The molecule has 0 aliphatic heterocycles. The van der Waals surface area contributed by atoms with Crippen molar-refractivity contribution in [2.45, 2.75) is 6.92 Å². The third-order valence-electron chi connectivity index (χ3n) is 2.55. The zero-order valence-electron chi connectivity index (χ0n) is 9.44. The fourth-order valence-electron chi connectivity index (χ4n) is 1.63. The van der Waals surface area contributed by atoms with E-state index in [9.17, 15) is 0 Å². The summed E-state index contributed by atoms with van der Waals surface area (Å²) in [4.78, 5) is 0. The molecule has 0 atom stereocenters. The Morgan fingerprint density at radius 2 is 2.17 bits per heavy atom. The summed E-state index contributed by atoms with van der Waals surface area (Å²) in [6.07, 6.45) is 1.40. The molecule has 0 spiro atoms. The second-order valence-corrected chi connectivity index (χ2v) is 3.68. The van der Waals surface area contributed by atoms with Crippen LogP contribution in [0.1, 0.15) is 11.4 Å². The van der Waals surface area contributed by atoms with E-state index in [1.54, 1.807) is 23.6 Å². The first-order chi connectivity index (χ1) is 8.70. The molecule has 8 heteroatoms. The second-order valence-electron chi connectivity index (χ2n) is 3.68. The molecule has 0 saturated heterocycles. The Kier molecular flexibility index (Phi) is 2.00. The van der Waals surface area contributed by atoms with Crippen molar-refractivity contribution in [3.63, 3.8) is 0 Å². The fourth-order valence-corrected chi connectivity index (χ4v) is 1.63. The summed E-state index contributed by atoms with van der Waals surface area (Å²) in [6, 6.07) is 5.44. The number of nitrogens with two attached hydrogens (primary N) is 1. The highest BCUT2D eigenvalue weighted by Gasteiger charge is 2.11. The maximum atomic E-state index is 8.83. The Hall–Kier alpha value is -2.95. The zero-order valence-corrected chi connectivity index (χ0v) is 9.44. The molecule has 0 radical (unpaired) electrons. The van der Waals surface area contributed by atoms with Crippen molar-refractivity contribution in [3.8, 4) is 11.9 Å². The Labute approximate surface area is 101 Å². The van der Waals surface area contributed by atoms with Gasteiger partial charge in [0.15, 0.2) is 17.3 Å². The number of hydrogen-bond acceptors (Lipinski definition) is 6. The third kappa shape index (κ3) is 1.31. The van der Waals surface area contributed by atoms with E-state index >= 15 is 0 Å². The number of aromatic nitrogens is 6. The maximum Gasteiger partial charge on any atom is 0.178 e. The van der Waals surface area contributed by atoms with Crippen molar-refractivity contribution in [3.05, 3.63) is 29.7 Å². The quantitative estimate of drug-likeness (QED) is 0.644. The molecule has 0 saturated carbocycles. The van der Waals surface area contributed by atoms with Gasteiger partial charge in [-0.25, -0.2) is 0 Å². The van der Waals surface area contributed by atoms with Gasteiger partial charge >= 0.3 is 0 Å². The molecule has 0 fully saturated rings. The monoisotopic (exact) mass is 240 g/mol. The van der Waals surface area contributed by atoms with Crippen molar-refractivity contribution in [1.82, 2.24) is 29.6 Å². The van der Waals surface area contributed by atoms with Crippen LogP contribution in [-0.2, 0) is 0 Å². The lowest BCUT2D eigenvalue weighted by molar-refractivity contribution is 0.784. The standard InChI is InChI=1S/C10H8N8/c1-6-14-15-8-2-3-9(16-17(6)8)18-10(12)7(4-11)5-13-18/h2-3,5H,12H2,1H3. The topological polar surface area (TPSA) is 111 Å². The highest BCUT2D eigenvalue weighted by Crippen LogP contribution is 2.14. The molecular formula is C10H8N8. The number of anilines is 1. The maximum absolute atomic E-state index is 8.83. The van der Waals surface area contributed by atoms with Crippen LogP contribution in [0.2, 0.25) is 0 Å². The second kappa shape index (κ2) is 3.53. The number of rotatable bonds is 1. The SMILES string of the molecule is Cc1nnc2ccc(-n3ncc(C#N)c3N)nn12. The number of nitriles is 1. The molecule has 0 bridgehead atoms.